The lowest BCUT2D eigenvalue weighted by atomic mass is 10.1. The van der Waals surface area contributed by atoms with Crippen molar-refractivity contribution < 1.29 is 14.1 Å². The number of nitrogens with zero attached hydrogens (tertiary/aromatic N) is 2. The first-order valence-corrected chi connectivity index (χ1v) is 8.35. The van der Waals surface area contributed by atoms with Crippen LogP contribution in [0.4, 0.5) is 15.8 Å². The summed E-state index contributed by atoms with van der Waals surface area (Å²) in [6.45, 7) is 1.79. The molecule has 0 fully saturated rings. The van der Waals surface area contributed by atoms with Crippen LogP contribution in [-0.4, -0.2) is 15.4 Å². The standard InChI is InChI=1S/C20H16FN3O4/c1-13-7-8-16(24(27)28)11-18(13)22-19(25)17-6-3-9-23(20(17)26)12-14-4-2-5-15(21)10-14/h2-11H,12H2,1H3,(H,22,25). The zero-order chi connectivity index (χ0) is 20.3. The SMILES string of the molecule is Cc1ccc([N+](=O)[O-])cc1NC(=O)c1cccn(Cc2cccc(F)c2)c1=O. The Hall–Kier alpha value is -3.81. The van der Waals surface area contributed by atoms with Crippen LogP contribution in [0.15, 0.2) is 65.6 Å². The number of halogens is 1. The van der Waals surface area contributed by atoms with Gasteiger partial charge in [0, 0.05) is 18.3 Å². The molecular formula is C20H16FN3O4. The van der Waals surface area contributed by atoms with Crippen LogP contribution in [0.1, 0.15) is 21.5 Å². The van der Waals surface area contributed by atoms with E-state index in [4.69, 9.17) is 0 Å². The molecule has 0 aliphatic carbocycles. The fourth-order valence-corrected chi connectivity index (χ4v) is 2.71. The van der Waals surface area contributed by atoms with Gasteiger partial charge in [-0.05, 0) is 42.3 Å². The lowest BCUT2D eigenvalue weighted by Crippen LogP contribution is -2.29. The van der Waals surface area contributed by atoms with Crippen LogP contribution in [0.2, 0.25) is 0 Å². The molecule has 7 nitrogen and oxygen atoms in total. The molecule has 0 saturated heterocycles. The number of non-ortho nitro benzene ring substituents is 1. The molecule has 28 heavy (non-hydrogen) atoms. The number of aromatic nitrogens is 1. The van der Waals surface area contributed by atoms with Gasteiger partial charge in [0.1, 0.15) is 11.4 Å². The molecule has 2 aromatic carbocycles. The Morgan fingerprint density at radius 3 is 2.68 bits per heavy atom. The van der Waals surface area contributed by atoms with Gasteiger partial charge in [0.25, 0.3) is 17.2 Å². The molecule has 1 amide bonds. The number of hydrogen-bond donors (Lipinski definition) is 1. The normalized spacial score (nSPS) is 10.5. The number of pyridine rings is 1. The molecule has 3 rings (SSSR count). The van der Waals surface area contributed by atoms with Crippen molar-refractivity contribution >= 4 is 17.3 Å². The summed E-state index contributed by atoms with van der Waals surface area (Å²) in [5.41, 5.74) is 0.609. The Labute approximate surface area is 159 Å². The van der Waals surface area contributed by atoms with E-state index in [1.807, 2.05) is 0 Å². The number of hydrogen-bond acceptors (Lipinski definition) is 4. The summed E-state index contributed by atoms with van der Waals surface area (Å²) in [4.78, 5) is 35.6. The fraction of sp³-hybridized carbons (Fsp3) is 0.100. The van der Waals surface area contributed by atoms with Crippen molar-refractivity contribution in [3.63, 3.8) is 0 Å². The van der Waals surface area contributed by atoms with E-state index in [-0.39, 0.29) is 23.5 Å². The first-order valence-electron chi connectivity index (χ1n) is 8.35. The summed E-state index contributed by atoms with van der Waals surface area (Å²) in [6, 6.07) is 12.8. The monoisotopic (exact) mass is 381 g/mol. The highest BCUT2D eigenvalue weighted by atomic mass is 19.1. The van der Waals surface area contributed by atoms with Crippen LogP contribution in [0.25, 0.3) is 0 Å². The molecule has 0 spiro atoms. The lowest BCUT2D eigenvalue weighted by Gasteiger charge is -2.10. The smallest absolute Gasteiger partial charge is 0.271 e. The maximum Gasteiger partial charge on any atom is 0.271 e. The Kier molecular flexibility index (Phi) is 5.30. The van der Waals surface area contributed by atoms with Crippen LogP contribution in [0, 0.1) is 22.9 Å². The van der Waals surface area contributed by atoms with Crippen molar-refractivity contribution in [3.05, 3.63) is 104 Å². The summed E-state index contributed by atoms with van der Waals surface area (Å²) in [5, 5.41) is 13.5. The molecule has 0 aliphatic heterocycles. The molecule has 0 aliphatic rings. The van der Waals surface area contributed by atoms with E-state index in [1.54, 1.807) is 13.0 Å². The minimum Gasteiger partial charge on any atom is -0.321 e. The van der Waals surface area contributed by atoms with Gasteiger partial charge in [-0.25, -0.2) is 4.39 Å². The van der Waals surface area contributed by atoms with Gasteiger partial charge in [-0.15, -0.1) is 0 Å². The van der Waals surface area contributed by atoms with Gasteiger partial charge >= 0.3 is 0 Å². The van der Waals surface area contributed by atoms with Crippen molar-refractivity contribution in [2.45, 2.75) is 13.5 Å². The average Bonchev–Trinajstić information content (AvgIpc) is 2.65. The predicted molar refractivity (Wildman–Crippen MR) is 102 cm³/mol. The van der Waals surface area contributed by atoms with Gasteiger partial charge in [0.05, 0.1) is 17.2 Å². The van der Waals surface area contributed by atoms with E-state index in [0.29, 0.717) is 11.1 Å². The summed E-state index contributed by atoms with van der Waals surface area (Å²) in [7, 11) is 0. The molecule has 0 saturated carbocycles. The Morgan fingerprint density at radius 2 is 1.96 bits per heavy atom. The predicted octanol–water partition coefficient (Wildman–Crippen LogP) is 3.50. The number of amides is 1. The quantitative estimate of drug-likeness (QED) is 0.541. The number of aryl methyl sites for hydroxylation is 1. The van der Waals surface area contributed by atoms with Crippen molar-refractivity contribution in [3.8, 4) is 0 Å². The Balaban J connectivity index is 1.88. The number of rotatable bonds is 5. The zero-order valence-electron chi connectivity index (χ0n) is 14.9. The second-order valence-corrected chi connectivity index (χ2v) is 6.20. The van der Waals surface area contributed by atoms with Crippen LogP contribution >= 0.6 is 0 Å². The molecule has 1 heterocycles. The highest BCUT2D eigenvalue weighted by Crippen LogP contribution is 2.22. The molecule has 0 radical (unpaired) electrons. The van der Waals surface area contributed by atoms with E-state index in [2.05, 4.69) is 5.32 Å². The fourth-order valence-electron chi connectivity index (χ4n) is 2.71. The van der Waals surface area contributed by atoms with Gasteiger partial charge in [-0.3, -0.25) is 19.7 Å². The molecular weight excluding hydrogens is 365 g/mol. The second kappa shape index (κ2) is 7.83. The highest BCUT2D eigenvalue weighted by Gasteiger charge is 2.16. The van der Waals surface area contributed by atoms with Gasteiger partial charge < -0.3 is 9.88 Å². The maximum absolute atomic E-state index is 13.3. The average molecular weight is 381 g/mol. The van der Waals surface area contributed by atoms with E-state index in [9.17, 15) is 24.1 Å². The summed E-state index contributed by atoms with van der Waals surface area (Å²) < 4.78 is 14.6. The van der Waals surface area contributed by atoms with Gasteiger partial charge in [0.15, 0.2) is 0 Å². The molecule has 0 bridgehead atoms. The third-order valence-corrected chi connectivity index (χ3v) is 4.19. The van der Waals surface area contributed by atoms with E-state index >= 15 is 0 Å². The van der Waals surface area contributed by atoms with Crippen molar-refractivity contribution in [1.29, 1.82) is 0 Å². The highest BCUT2D eigenvalue weighted by molar-refractivity contribution is 6.04. The van der Waals surface area contributed by atoms with Crippen molar-refractivity contribution in [1.82, 2.24) is 4.57 Å². The first kappa shape index (κ1) is 19.0. The van der Waals surface area contributed by atoms with Gasteiger partial charge in [-0.1, -0.05) is 18.2 Å². The molecule has 1 N–H and O–H groups in total. The van der Waals surface area contributed by atoms with Gasteiger partial charge in [0.2, 0.25) is 0 Å². The molecule has 0 atom stereocenters. The van der Waals surface area contributed by atoms with Crippen LogP contribution in [0.3, 0.4) is 0 Å². The number of nitro groups is 1. The second-order valence-electron chi connectivity index (χ2n) is 6.20. The Bertz CT molecular complexity index is 1120. The minimum atomic E-state index is -0.679. The minimum absolute atomic E-state index is 0.105. The zero-order valence-corrected chi connectivity index (χ0v) is 14.9. The van der Waals surface area contributed by atoms with Crippen LogP contribution in [0.5, 0.6) is 0 Å². The van der Waals surface area contributed by atoms with E-state index < -0.39 is 22.2 Å². The number of nitro benzene ring substituents is 1. The summed E-state index contributed by atoms with van der Waals surface area (Å²) >= 11 is 0. The number of benzene rings is 2. The maximum atomic E-state index is 13.3. The molecule has 3 aromatic rings. The van der Waals surface area contributed by atoms with Crippen LogP contribution < -0.4 is 10.9 Å². The number of anilines is 1. The molecule has 1 aromatic heterocycles. The van der Waals surface area contributed by atoms with Crippen molar-refractivity contribution in [2.24, 2.45) is 0 Å². The lowest BCUT2D eigenvalue weighted by molar-refractivity contribution is -0.384. The molecule has 142 valence electrons. The number of nitrogens with one attached hydrogen (secondary N) is 1. The molecule has 0 unspecified atom stereocenters. The van der Waals surface area contributed by atoms with Crippen LogP contribution in [-0.2, 0) is 6.54 Å². The third kappa shape index (κ3) is 4.12. The van der Waals surface area contributed by atoms with E-state index in [0.717, 1.165) is 0 Å². The first-order chi connectivity index (χ1) is 13.3. The summed E-state index contributed by atoms with van der Waals surface area (Å²) in [5.74, 6) is -1.09. The number of carbonyl (C=O) groups is 1. The Morgan fingerprint density at radius 1 is 1.18 bits per heavy atom. The summed E-state index contributed by atoms with van der Waals surface area (Å²) in [6.07, 6.45) is 1.50. The third-order valence-electron chi connectivity index (χ3n) is 4.19. The van der Waals surface area contributed by atoms with Gasteiger partial charge in [-0.2, -0.15) is 0 Å². The van der Waals surface area contributed by atoms with Crippen molar-refractivity contribution in [2.75, 3.05) is 5.32 Å². The van der Waals surface area contributed by atoms with E-state index in [1.165, 1.54) is 59.3 Å². The topological polar surface area (TPSA) is 94.2 Å². The number of carbonyl (C=O) groups excluding carboxylic acids is 1. The largest absolute Gasteiger partial charge is 0.321 e. The molecule has 8 heteroatoms.